The number of aromatic nitrogens is 2. The Labute approximate surface area is 164 Å². The second-order valence-corrected chi connectivity index (χ2v) is 6.46. The first-order chi connectivity index (χ1) is 13.9. The van der Waals surface area contributed by atoms with Crippen LogP contribution in [0.4, 0.5) is 13.2 Å². The standard InChI is InChI=1S/C23H14F3N3/c24-23(25,26)18-9-5-15(6-10-18)7-12-22-28-20-11-8-16(13-21(20)29-22)19-4-2-1-3-17(19)14-27/h1-13H,(H,28,29). The van der Waals surface area contributed by atoms with Crippen molar-refractivity contribution in [3.8, 4) is 17.2 Å². The van der Waals surface area contributed by atoms with Crippen molar-refractivity contribution in [2.75, 3.05) is 0 Å². The van der Waals surface area contributed by atoms with Gasteiger partial charge in [-0.15, -0.1) is 0 Å². The number of fused-ring (bicyclic) bond motifs is 1. The number of imidazole rings is 1. The maximum Gasteiger partial charge on any atom is 0.416 e. The van der Waals surface area contributed by atoms with Crippen LogP contribution in [0, 0.1) is 11.3 Å². The number of benzene rings is 3. The molecular formula is C23H14F3N3. The van der Waals surface area contributed by atoms with Crippen molar-refractivity contribution in [2.24, 2.45) is 0 Å². The van der Waals surface area contributed by atoms with Crippen LogP contribution < -0.4 is 0 Å². The Morgan fingerprint density at radius 3 is 2.41 bits per heavy atom. The zero-order valence-corrected chi connectivity index (χ0v) is 15.0. The summed E-state index contributed by atoms with van der Waals surface area (Å²) >= 11 is 0. The predicted molar refractivity (Wildman–Crippen MR) is 107 cm³/mol. The van der Waals surface area contributed by atoms with Gasteiger partial charge in [-0.05, 0) is 53.1 Å². The SMILES string of the molecule is N#Cc1ccccc1-c1ccc2nc(C=Cc3ccc(C(F)(F)F)cc3)[nH]c2c1. The van der Waals surface area contributed by atoms with Gasteiger partial charge in [-0.3, -0.25) is 0 Å². The molecule has 1 heterocycles. The highest BCUT2D eigenvalue weighted by molar-refractivity contribution is 5.85. The summed E-state index contributed by atoms with van der Waals surface area (Å²) in [5, 5.41) is 9.30. The third kappa shape index (κ3) is 3.90. The van der Waals surface area contributed by atoms with Gasteiger partial charge in [0.15, 0.2) is 0 Å². The highest BCUT2D eigenvalue weighted by Gasteiger charge is 2.29. The maximum absolute atomic E-state index is 12.6. The van der Waals surface area contributed by atoms with E-state index in [4.69, 9.17) is 0 Å². The topological polar surface area (TPSA) is 52.5 Å². The van der Waals surface area contributed by atoms with E-state index in [-0.39, 0.29) is 0 Å². The number of nitrogens with zero attached hydrogens (tertiary/aromatic N) is 2. The lowest BCUT2D eigenvalue weighted by Gasteiger charge is -2.05. The molecule has 0 saturated carbocycles. The number of nitriles is 1. The molecule has 142 valence electrons. The van der Waals surface area contributed by atoms with Crippen molar-refractivity contribution in [1.82, 2.24) is 9.97 Å². The van der Waals surface area contributed by atoms with E-state index in [2.05, 4.69) is 16.0 Å². The summed E-state index contributed by atoms with van der Waals surface area (Å²) in [6, 6.07) is 20.2. The van der Waals surface area contributed by atoms with E-state index < -0.39 is 11.7 Å². The normalized spacial score (nSPS) is 11.8. The van der Waals surface area contributed by atoms with E-state index in [1.807, 2.05) is 36.4 Å². The molecule has 4 rings (SSSR count). The first-order valence-corrected chi connectivity index (χ1v) is 8.79. The second-order valence-electron chi connectivity index (χ2n) is 6.46. The molecule has 1 N–H and O–H groups in total. The minimum atomic E-state index is -4.34. The van der Waals surface area contributed by atoms with Crippen molar-refractivity contribution < 1.29 is 13.2 Å². The van der Waals surface area contributed by atoms with Gasteiger partial charge < -0.3 is 4.98 Å². The molecule has 4 aromatic rings. The van der Waals surface area contributed by atoms with Crippen molar-refractivity contribution in [3.05, 3.63) is 89.2 Å². The van der Waals surface area contributed by atoms with Gasteiger partial charge in [0.1, 0.15) is 5.82 Å². The first kappa shape index (κ1) is 18.5. The Balaban J connectivity index is 1.61. The highest BCUT2D eigenvalue weighted by atomic mass is 19.4. The van der Waals surface area contributed by atoms with Crippen LogP contribution in [0.2, 0.25) is 0 Å². The predicted octanol–water partition coefficient (Wildman–Crippen LogP) is 6.29. The Hall–Kier alpha value is -3.85. The number of H-pyrrole nitrogens is 1. The molecule has 0 aliphatic rings. The summed E-state index contributed by atoms with van der Waals surface area (Å²) in [5.41, 5.74) is 3.86. The van der Waals surface area contributed by atoms with Crippen LogP contribution in [-0.2, 0) is 6.18 Å². The Bertz CT molecular complexity index is 1240. The van der Waals surface area contributed by atoms with Gasteiger partial charge in [0.25, 0.3) is 0 Å². The zero-order valence-electron chi connectivity index (χ0n) is 15.0. The number of alkyl halides is 3. The average Bonchev–Trinajstić information content (AvgIpc) is 3.14. The fourth-order valence-electron chi connectivity index (χ4n) is 3.07. The summed E-state index contributed by atoms with van der Waals surface area (Å²) in [4.78, 5) is 7.66. The largest absolute Gasteiger partial charge is 0.416 e. The molecule has 0 unspecified atom stereocenters. The summed E-state index contributed by atoms with van der Waals surface area (Å²) in [5.74, 6) is 0.589. The quantitative estimate of drug-likeness (QED) is 0.448. The zero-order chi connectivity index (χ0) is 20.4. The number of rotatable bonds is 3. The summed E-state index contributed by atoms with van der Waals surface area (Å²) < 4.78 is 37.9. The maximum atomic E-state index is 12.6. The van der Waals surface area contributed by atoms with Crippen molar-refractivity contribution in [1.29, 1.82) is 5.26 Å². The molecule has 0 spiro atoms. The van der Waals surface area contributed by atoms with E-state index in [1.165, 1.54) is 12.1 Å². The minimum absolute atomic E-state index is 0.589. The fourth-order valence-corrected chi connectivity index (χ4v) is 3.07. The molecule has 29 heavy (non-hydrogen) atoms. The first-order valence-electron chi connectivity index (χ1n) is 8.79. The molecule has 0 radical (unpaired) electrons. The molecule has 3 aromatic carbocycles. The fraction of sp³-hybridized carbons (Fsp3) is 0.0435. The molecular weight excluding hydrogens is 375 g/mol. The number of halogens is 3. The summed E-state index contributed by atoms with van der Waals surface area (Å²) in [7, 11) is 0. The van der Waals surface area contributed by atoms with Crippen LogP contribution >= 0.6 is 0 Å². The molecule has 6 heteroatoms. The molecule has 0 fully saturated rings. The van der Waals surface area contributed by atoms with Crippen LogP contribution in [0.15, 0.2) is 66.7 Å². The van der Waals surface area contributed by atoms with Crippen LogP contribution in [0.3, 0.4) is 0 Å². The molecule has 0 aliphatic carbocycles. The third-order valence-electron chi connectivity index (χ3n) is 4.53. The van der Waals surface area contributed by atoms with Crippen molar-refractivity contribution >= 4 is 23.2 Å². The van der Waals surface area contributed by atoms with Crippen molar-refractivity contribution in [3.63, 3.8) is 0 Å². The van der Waals surface area contributed by atoms with Gasteiger partial charge in [0.05, 0.1) is 28.2 Å². The Kier molecular flexibility index (Phi) is 4.65. The molecule has 0 atom stereocenters. The lowest BCUT2D eigenvalue weighted by Crippen LogP contribution is -2.03. The number of hydrogen-bond donors (Lipinski definition) is 1. The number of aromatic amines is 1. The summed E-state index contributed by atoms with van der Waals surface area (Å²) in [6.45, 7) is 0. The molecule has 1 aromatic heterocycles. The van der Waals surface area contributed by atoms with E-state index in [1.54, 1.807) is 18.2 Å². The van der Waals surface area contributed by atoms with Gasteiger partial charge in [-0.1, -0.05) is 42.5 Å². The smallest absolute Gasteiger partial charge is 0.338 e. The Morgan fingerprint density at radius 1 is 0.931 bits per heavy atom. The Morgan fingerprint density at radius 2 is 1.69 bits per heavy atom. The number of hydrogen-bond acceptors (Lipinski definition) is 2. The lowest BCUT2D eigenvalue weighted by atomic mass is 10.0. The van der Waals surface area contributed by atoms with Crippen LogP contribution in [0.5, 0.6) is 0 Å². The second kappa shape index (κ2) is 7.28. The van der Waals surface area contributed by atoms with E-state index >= 15 is 0 Å². The van der Waals surface area contributed by atoms with E-state index in [0.717, 1.165) is 34.3 Å². The van der Waals surface area contributed by atoms with Crippen LogP contribution in [0.1, 0.15) is 22.5 Å². The molecule has 3 nitrogen and oxygen atoms in total. The van der Waals surface area contributed by atoms with E-state index in [9.17, 15) is 18.4 Å². The van der Waals surface area contributed by atoms with Crippen LogP contribution in [-0.4, -0.2) is 9.97 Å². The van der Waals surface area contributed by atoms with Gasteiger partial charge in [-0.25, -0.2) is 4.98 Å². The number of nitrogens with one attached hydrogen (secondary N) is 1. The molecule has 0 saturated heterocycles. The summed E-state index contributed by atoms with van der Waals surface area (Å²) in [6.07, 6.45) is -0.932. The third-order valence-corrected chi connectivity index (χ3v) is 4.53. The van der Waals surface area contributed by atoms with Crippen LogP contribution in [0.25, 0.3) is 34.3 Å². The van der Waals surface area contributed by atoms with E-state index in [0.29, 0.717) is 17.0 Å². The van der Waals surface area contributed by atoms with Gasteiger partial charge in [0.2, 0.25) is 0 Å². The van der Waals surface area contributed by atoms with Gasteiger partial charge in [0, 0.05) is 0 Å². The molecule has 0 amide bonds. The average molecular weight is 389 g/mol. The lowest BCUT2D eigenvalue weighted by molar-refractivity contribution is -0.137. The van der Waals surface area contributed by atoms with Gasteiger partial charge in [-0.2, -0.15) is 18.4 Å². The van der Waals surface area contributed by atoms with Gasteiger partial charge >= 0.3 is 6.18 Å². The monoisotopic (exact) mass is 389 g/mol. The minimum Gasteiger partial charge on any atom is -0.338 e. The van der Waals surface area contributed by atoms with Crippen molar-refractivity contribution in [2.45, 2.75) is 6.18 Å². The highest BCUT2D eigenvalue weighted by Crippen LogP contribution is 2.29. The molecule has 0 aliphatic heterocycles. The molecule has 0 bridgehead atoms.